The molecule has 3 aromatic rings. The lowest BCUT2D eigenvalue weighted by Crippen LogP contribution is -2.17. The minimum absolute atomic E-state index is 0.0879. The highest BCUT2D eigenvalue weighted by molar-refractivity contribution is 9.10. The highest BCUT2D eigenvalue weighted by Gasteiger charge is 2.11. The molecule has 0 unspecified atom stereocenters. The quantitative estimate of drug-likeness (QED) is 0.642. The van der Waals surface area contributed by atoms with Crippen LogP contribution < -0.4 is 5.49 Å². The van der Waals surface area contributed by atoms with Gasteiger partial charge in [0.05, 0.1) is 23.2 Å². The molecule has 0 aliphatic rings. The van der Waals surface area contributed by atoms with E-state index in [1.54, 1.807) is 0 Å². The van der Waals surface area contributed by atoms with E-state index in [2.05, 4.69) is 32.6 Å². The van der Waals surface area contributed by atoms with Crippen molar-refractivity contribution in [1.82, 2.24) is 9.55 Å². The van der Waals surface area contributed by atoms with E-state index in [1.165, 1.54) is 0 Å². The van der Waals surface area contributed by atoms with Crippen molar-refractivity contribution in [3.8, 4) is 6.07 Å². The summed E-state index contributed by atoms with van der Waals surface area (Å²) in [5, 5.41) is 10.3. The standard InChI is InChI=1S/C20H19BrN4/c1-12-15(11-22)6-5-7-17(12)13(2)23-20-18-10-16(21)8-9-19(18)25(4)14(3)24-20/h5-10,13H,1-4H3/t13-/m1/s1. The van der Waals surface area contributed by atoms with Gasteiger partial charge in [0.2, 0.25) is 0 Å². The third-order valence-corrected chi connectivity index (χ3v) is 5.07. The van der Waals surface area contributed by atoms with Crippen LogP contribution in [0, 0.1) is 25.2 Å². The summed E-state index contributed by atoms with van der Waals surface area (Å²) in [5.41, 5.74) is 4.53. The highest BCUT2D eigenvalue weighted by Crippen LogP contribution is 2.23. The van der Waals surface area contributed by atoms with Gasteiger partial charge in [0.1, 0.15) is 5.82 Å². The lowest BCUT2D eigenvalue weighted by atomic mass is 9.98. The molecule has 2 aromatic carbocycles. The molecule has 3 rings (SSSR count). The predicted molar refractivity (Wildman–Crippen MR) is 103 cm³/mol. The lowest BCUT2D eigenvalue weighted by molar-refractivity contribution is 0.754. The number of fused-ring (bicyclic) bond motifs is 1. The van der Waals surface area contributed by atoms with Gasteiger partial charge >= 0.3 is 0 Å². The van der Waals surface area contributed by atoms with Crippen molar-refractivity contribution in [2.75, 3.05) is 0 Å². The Morgan fingerprint density at radius 1 is 1.24 bits per heavy atom. The fourth-order valence-electron chi connectivity index (χ4n) is 3.02. The molecule has 0 fully saturated rings. The highest BCUT2D eigenvalue weighted by atomic mass is 79.9. The minimum atomic E-state index is -0.0879. The van der Waals surface area contributed by atoms with Crippen LogP contribution in [0.2, 0.25) is 0 Å². The van der Waals surface area contributed by atoms with Gasteiger partial charge in [0, 0.05) is 16.9 Å². The normalized spacial score (nSPS) is 13.0. The Hall–Kier alpha value is -2.45. The first-order valence-electron chi connectivity index (χ1n) is 8.08. The van der Waals surface area contributed by atoms with Crippen molar-refractivity contribution < 1.29 is 0 Å². The van der Waals surface area contributed by atoms with Crippen molar-refractivity contribution in [2.45, 2.75) is 26.8 Å². The van der Waals surface area contributed by atoms with Crippen molar-refractivity contribution in [2.24, 2.45) is 12.0 Å². The van der Waals surface area contributed by atoms with E-state index < -0.39 is 0 Å². The van der Waals surface area contributed by atoms with Crippen molar-refractivity contribution in [1.29, 1.82) is 5.26 Å². The van der Waals surface area contributed by atoms with Crippen LogP contribution in [-0.4, -0.2) is 9.55 Å². The maximum absolute atomic E-state index is 9.25. The first-order chi connectivity index (χ1) is 11.9. The summed E-state index contributed by atoms with van der Waals surface area (Å²) in [6.45, 7) is 5.99. The van der Waals surface area contributed by atoms with Gasteiger partial charge in [-0.25, -0.2) is 4.98 Å². The first kappa shape index (κ1) is 17.4. The van der Waals surface area contributed by atoms with Crippen LogP contribution >= 0.6 is 15.9 Å². The molecule has 0 bridgehead atoms. The van der Waals surface area contributed by atoms with Crippen LogP contribution in [0.25, 0.3) is 10.9 Å². The van der Waals surface area contributed by atoms with Gasteiger partial charge in [-0.15, -0.1) is 0 Å². The Morgan fingerprint density at radius 3 is 2.72 bits per heavy atom. The van der Waals surface area contributed by atoms with Gasteiger partial charge in [-0.3, -0.25) is 4.99 Å². The minimum Gasteiger partial charge on any atom is -0.332 e. The summed E-state index contributed by atoms with van der Waals surface area (Å²) in [5.74, 6) is 0.906. The molecule has 5 heteroatoms. The average molecular weight is 395 g/mol. The number of nitrogens with zero attached hydrogens (tertiary/aromatic N) is 4. The summed E-state index contributed by atoms with van der Waals surface area (Å²) in [6, 6.07) is 14.1. The lowest BCUT2D eigenvalue weighted by Gasteiger charge is -2.13. The summed E-state index contributed by atoms with van der Waals surface area (Å²) in [4.78, 5) is 9.57. The Morgan fingerprint density at radius 2 is 2.00 bits per heavy atom. The molecule has 0 aliphatic carbocycles. The van der Waals surface area contributed by atoms with Crippen molar-refractivity contribution in [3.63, 3.8) is 0 Å². The van der Waals surface area contributed by atoms with Crippen LogP contribution in [0.3, 0.4) is 0 Å². The third kappa shape index (κ3) is 3.22. The van der Waals surface area contributed by atoms with E-state index in [0.29, 0.717) is 5.56 Å². The molecule has 0 spiro atoms. The van der Waals surface area contributed by atoms with Gasteiger partial charge in [-0.1, -0.05) is 28.1 Å². The van der Waals surface area contributed by atoms with Crippen LogP contribution in [0.4, 0.5) is 0 Å². The number of hydrogen-bond donors (Lipinski definition) is 0. The zero-order valence-corrected chi connectivity index (χ0v) is 16.3. The van der Waals surface area contributed by atoms with E-state index in [4.69, 9.17) is 9.98 Å². The Labute approximate surface area is 155 Å². The van der Waals surface area contributed by atoms with E-state index in [-0.39, 0.29) is 6.04 Å². The summed E-state index contributed by atoms with van der Waals surface area (Å²) < 4.78 is 3.06. The zero-order chi connectivity index (χ0) is 18.1. The monoisotopic (exact) mass is 394 g/mol. The number of hydrogen-bond acceptors (Lipinski definition) is 3. The second-order valence-electron chi connectivity index (χ2n) is 6.14. The molecule has 1 heterocycles. The van der Waals surface area contributed by atoms with Crippen LogP contribution in [0.15, 0.2) is 45.9 Å². The molecule has 1 aromatic heterocycles. The molecule has 1 atom stereocenters. The Balaban J connectivity index is 2.24. The SMILES string of the molecule is Cc1c(C#N)cccc1[C@@H](C)N=c1nc(C)n(C)c2ccc(Br)cc12. The molecule has 0 radical (unpaired) electrons. The van der Waals surface area contributed by atoms with Gasteiger partial charge in [0.15, 0.2) is 5.49 Å². The fraction of sp³-hybridized carbons (Fsp3) is 0.250. The second-order valence-corrected chi connectivity index (χ2v) is 7.06. The number of benzene rings is 2. The zero-order valence-electron chi connectivity index (χ0n) is 14.7. The molecule has 4 nitrogen and oxygen atoms in total. The smallest absolute Gasteiger partial charge is 0.159 e. The number of aryl methyl sites for hydroxylation is 2. The number of rotatable bonds is 2. The van der Waals surface area contributed by atoms with E-state index in [9.17, 15) is 5.26 Å². The molecule has 0 N–H and O–H groups in total. The van der Waals surface area contributed by atoms with Crippen molar-refractivity contribution >= 4 is 26.8 Å². The number of aromatic nitrogens is 2. The van der Waals surface area contributed by atoms with E-state index in [0.717, 1.165) is 37.8 Å². The summed E-state index contributed by atoms with van der Waals surface area (Å²) >= 11 is 3.54. The van der Waals surface area contributed by atoms with E-state index in [1.807, 2.05) is 58.2 Å². The van der Waals surface area contributed by atoms with Crippen LogP contribution in [0.5, 0.6) is 0 Å². The molecule has 126 valence electrons. The topological polar surface area (TPSA) is 54.0 Å². The molecular weight excluding hydrogens is 376 g/mol. The van der Waals surface area contributed by atoms with Crippen molar-refractivity contribution in [3.05, 3.63) is 68.9 Å². The summed E-state index contributed by atoms with van der Waals surface area (Å²) in [7, 11) is 2.01. The third-order valence-electron chi connectivity index (χ3n) is 4.58. The molecule has 0 aliphatic heterocycles. The maximum atomic E-state index is 9.25. The van der Waals surface area contributed by atoms with Gasteiger partial charge < -0.3 is 4.57 Å². The Kier molecular flexibility index (Phi) is 4.73. The second kappa shape index (κ2) is 6.81. The molecule has 25 heavy (non-hydrogen) atoms. The van der Waals surface area contributed by atoms with Crippen LogP contribution in [0.1, 0.15) is 35.5 Å². The van der Waals surface area contributed by atoms with Gasteiger partial charge in [-0.2, -0.15) is 5.26 Å². The average Bonchev–Trinajstić information content (AvgIpc) is 2.59. The van der Waals surface area contributed by atoms with Gasteiger partial charge in [-0.05, 0) is 56.2 Å². The first-order valence-corrected chi connectivity index (χ1v) is 8.88. The van der Waals surface area contributed by atoms with E-state index >= 15 is 0 Å². The fourth-order valence-corrected chi connectivity index (χ4v) is 3.38. The van der Waals surface area contributed by atoms with Crippen LogP contribution in [-0.2, 0) is 7.05 Å². The molecule has 0 saturated heterocycles. The maximum Gasteiger partial charge on any atom is 0.159 e. The Bertz CT molecular complexity index is 1070. The number of nitriles is 1. The predicted octanol–water partition coefficient (Wildman–Crippen LogP) is 4.49. The number of halogens is 1. The molecule has 0 amide bonds. The van der Waals surface area contributed by atoms with Gasteiger partial charge in [0.25, 0.3) is 0 Å². The largest absolute Gasteiger partial charge is 0.332 e. The summed E-state index contributed by atoms with van der Waals surface area (Å²) in [6.07, 6.45) is 0. The molecular formula is C20H19BrN4. The molecule has 0 saturated carbocycles.